The third-order valence-corrected chi connectivity index (χ3v) is 2.05. The van der Waals surface area contributed by atoms with Crippen LogP contribution in [-0.2, 0) is 0 Å². The lowest BCUT2D eigenvalue weighted by atomic mass is 10.2. The van der Waals surface area contributed by atoms with Crippen molar-refractivity contribution in [2.24, 2.45) is 0 Å². The molecule has 0 saturated carbocycles. The summed E-state index contributed by atoms with van der Waals surface area (Å²) in [6.45, 7) is -1.76. The van der Waals surface area contributed by atoms with Gasteiger partial charge in [-0.15, -0.1) is 0 Å². The molecule has 0 bridgehead atoms. The summed E-state index contributed by atoms with van der Waals surface area (Å²) in [7, 11) is 0. The van der Waals surface area contributed by atoms with Crippen LogP contribution in [0.4, 0.5) is 28.9 Å². The van der Waals surface area contributed by atoms with E-state index in [1.807, 2.05) is 0 Å². The van der Waals surface area contributed by atoms with Crippen molar-refractivity contribution in [2.75, 3.05) is 6.61 Å². The fourth-order valence-corrected chi connectivity index (χ4v) is 1.10. The first-order chi connectivity index (χ1) is 9.13. The number of ether oxygens (including phenoxy) is 1. The van der Waals surface area contributed by atoms with Crippen molar-refractivity contribution in [1.82, 2.24) is 0 Å². The van der Waals surface area contributed by atoms with E-state index < -0.39 is 45.9 Å². The Bertz CT molecular complexity index is 505. The number of rotatable bonds is 6. The molecule has 0 unspecified atom stereocenters. The van der Waals surface area contributed by atoms with Gasteiger partial charge in [-0.3, -0.25) is 20.2 Å². The number of nitrogens with zero attached hydrogens (tertiary/aromatic N) is 2. The van der Waals surface area contributed by atoms with Gasteiger partial charge in [-0.2, -0.15) is 8.78 Å². The first-order valence-corrected chi connectivity index (χ1v) is 4.86. The highest BCUT2D eigenvalue weighted by molar-refractivity contribution is 5.49. The maximum atomic E-state index is 12.6. The second-order valence-electron chi connectivity index (χ2n) is 3.55. The zero-order chi connectivity index (χ0) is 15.5. The molecule has 0 heterocycles. The largest absolute Gasteiger partial charge is 0.487 e. The number of hydrogen-bond donors (Lipinski definition) is 0. The molecule has 0 aliphatic rings. The van der Waals surface area contributed by atoms with E-state index in [1.54, 1.807) is 0 Å². The quantitative estimate of drug-likeness (QED) is 0.457. The maximum absolute atomic E-state index is 12.6. The van der Waals surface area contributed by atoms with Crippen LogP contribution in [0.15, 0.2) is 18.2 Å². The molecule has 110 valence electrons. The molecule has 20 heavy (non-hydrogen) atoms. The summed E-state index contributed by atoms with van der Waals surface area (Å²) in [5.41, 5.74) is -1.57. The van der Waals surface area contributed by atoms with Crippen molar-refractivity contribution in [3.05, 3.63) is 38.4 Å². The van der Waals surface area contributed by atoms with Gasteiger partial charge in [0.2, 0.25) is 0 Å². The van der Waals surface area contributed by atoms with Gasteiger partial charge in [0.25, 0.3) is 11.4 Å². The molecule has 1 rings (SSSR count). The number of nitro benzene ring substituents is 2. The summed E-state index contributed by atoms with van der Waals surface area (Å²) in [5, 5.41) is 21.0. The van der Waals surface area contributed by atoms with E-state index in [4.69, 9.17) is 0 Å². The van der Waals surface area contributed by atoms with Crippen molar-refractivity contribution in [3.63, 3.8) is 0 Å². The normalized spacial score (nSPS) is 11.4. The standard InChI is InChI=1S/C9H6F4N2O5/c10-8(11)9(12,13)4-20-7-2-5(14(16)17)1-6(3-7)15(18)19/h1-3,8H,4H2. The highest BCUT2D eigenvalue weighted by Crippen LogP contribution is 2.29. The minimum Gasteiger partial charge on any atom is -0.487 e. The van der Waals surface area contributed by atoms with Crippen LogP contribution in [-0.4, -0.2) is 28.8 Å². The first-order valence-electron chi connectivity index (χ1n) is 4.86. The van der Waals surface area contributed by atoms with E-state index in [-0.39, 0.29) is 0 Å². The van der Waals surface area contributed by atoms with Crippen molar-refractivity contribution in [2.45, 2.75) is 12.3 Å². The summed E-state index contributed by atoms with van der Waals surface area (Å²) in [5.74, 6) is -5.15. The van der Waals surface area contributed by atoms with Crippen LogP contribution in [0.25, 0.3) is 0 Å². The number of hydrogen-bond acceptors (Lipinski definition) is 5. The predicted octanol–water partition coefficient (Wildman–Crippen LogP) is 2.78. The van der Waals surface area contributed by atoms with Crippen LogP contribution in [0.1, 0.15) is 0 Å². The lowest BCUT2D eigenvalue weighted by molar-refractivity contribution is -0.394. The van der Waals surface area contributed by atoms with Gasteiger partial charge in [-0.05, 0) is 0 Å². The third-order valence-electron chi connectivity index (χ3n) is 2.05. The molecule has 0 fully saturated rings. The van der Waals surface area contributed by atoms with Gasteiger partial charge in [0.1, 0.15) is 5.75 Å². The summed E-state index contributed by atoms with van der Waals surface area (Å²) < 4.78 is 53.3. The highest BCUT2D eigenvalue weighted by atomic mass is 19.3. The van der Waals surface area contributed by atoms with Crippen LogP contribution in [0.2, 0.25) is 0 Å². The van der Waals surface area contributed by atoms with Gasteiger partial charge in [-0.1, -0.05) is 0 Å². The van der Waals surface area contributed by atoms with Crippen LogP contribution in [0, 0.1) is 20.2 Å². The van der Waals surface area contributed by atoms with Gasteiger partial charge in [0.05, 0.1) is 28.0 Å². The van der Waals surface area contributed by atoms with E-state index in [0.29, 0.717) is 18.2 Å². The Labute approximate surface area is 108 Å². The number of benzene rings is 1. The topological polar surface area (TPSA) is 95.5 Å². The molecule has 0 aliphatic heterocycles. The van der Waals surface area contributed by atoms with Crippen molar-refractivity contribution in [1.29, 1.82) is 0 Å². The molecule has 0 aliphatic carbocycles. The molecule has 0 amide bonds. The molecule has 11 heteroatoms. The van der Waals surface area contributed by atoms with Crippen molar-refractivity contribution in [3.8, 4) is 5.75 Å². The Balaban J connectivity index is 3.00. The smallest absolute Gasteiger partial charge is 0.340 e. The highest BCUT2D eigenvalue weighted by Gasteiger charge is 2.41. The molecule has 0 saturated heterocycles. The van der Waals surface area contributed by atoms with E-state index in [1.165, 1.54) is 0 Å². The molecule has 0 N–H and O–H groups in total. The van der Waals surface area contributed by atoms with Gasteiger partial charge >= 0.3 is 12.3 Å². The Morgan fingerprint density at radius 2 is 1.55 bits per heavy atom. The molecule has 0 aromatic heterocycles. The Morgan fingerprint density at radius 3 is 1.90 bits per heavy atom. The minimum absolute atomic E-state index is 0.581. The molecular formula is C9H6F4N2O5. The van der Waals surface area contributed by atoms with Crippen LogP contribution < -0.4 is 4.74 Å². The van der Waals surface area contributed by atoms with Gasteiger partial charge in [-0.25, -0.2) is 8.78 Å². The SMILES string of the molecule is O=[N+]([O-])c1cc(OCC(F)(F)C(F)F)cc([N+](=O)[O-])c1. The fraction of sp³-hybridized carbons (Fsp3) is 0.333. The summed E-state index contributed by atoms with van der Waals surface area (Å²) in [4.78, 5) is 19.0. The second kappa shape index (κ2) is 5.67. The summed E-state index contributed by atoms with van der Waals surface area (Å²) >= 11 is 0. The maximum Gasteiger partial charge on any atom is 0.340 e. The Kier molecular flexibility index (Phi) is 4.42. The zero-order valence-electron chi connectivity index (χ0n) is 9.46. The summed E-state index contributed by atoms with van der Waals surface area (Å²) in [6.07, 6.45) is -3.99. The van der Waals surface area contributed by atoms with E-state index in [2.05, 4.69) is 4.74 Å². The van der Waals surface area contributed by atoms with Crippen LogP contribution in [0.3, 0.4) is 0 Å². The summed E-state index contributed by atoms with van der Waals surface area (Å²) in [6, 6.07) is 1.82. The molecule has 7 nitrogen and oxygen atoms in total. The van der Waals surface area contributed by atoms with Crippen molar-refractivity contribution >= 4 is 11.4 Å². The Hall–Kier alpha value is -2.46. The zero-order valence-corrected chi connectivity index (χ0v) is 9.46. The average Bonchev–Trinajstić information content (AvgIpc) is 2.35. The lowest BCUT2D eigenvalue weighted by Gasteiger charge is -2.15. The molecule has 1 aromatic carbocycles. The minimum atomic E-state index is -4.47. The van der Waals surface area contributed by atoms with Gasteiger partial charge in [0, 0.05) is 0 Å². The number of non-ortho nitro benzene ring substituents is 2. The van der Waals surface area contributed by atoms with E-state index >= 15 is 0 Å². The van der Waals surface area contributed by atoms with E-state index in [9.17, 15) is 37.8 Å². The molecule has 1 aromatic rings. The first kappa shape index (κ1) is 15.6. The monoisotopic (exact) mass is 298 g/mol. The van der Waals surface area contributed by atoms with Crippen LogP contribution >= 0.6 is 0 Å². The molecule has 0 radical (unpaired) electrons. The number of alkyl halides is 4. The third kappa shape index (κ3) is 3.76. The van der Waals surface area contributed by atoms with E-state index in [0.717, 1.165) is 0 Å². The van der Waals surface area contributed by atoms with Crippen LogP contribution in [0.5, 0.6) is 5.75 Å². The molecular weight excluding hydrogens is 292 g/mol. The number of halogens is 4. The van der Waals surface area contributed by atoms with Crippen molar-refractivity contribution < 1.29 is 32.1 Å². The Morgan fingerprint density at radius 1 is 1.10 bits per heavy atom. The lowest BCUT2D eigenvalue weighted by Crippen LogP contribution is -2.33. The average molecular weight is 298 g/mol. The second-order valence-corrected chi connectivity index (χ2v) is 3.55. The van der Waals surface area contributed by atoms with Gasteiger partial charge in [0.15, 0.2) is 6.61 Å². The number of nitro groups is 2. The molecule has 0 atom stereocenters. The fourth-order valence-electron chi connectivity index (χ4n) is 1.10. The van der Waals surface area contributed by atoms with Gasteiger partial charge < -0.3 is 4.74 Å². The molecule has 0 spiro atoms. The predicted molar refractivity (Wildman–Crippen MR) is 56.2 cm³/mol.